The van der Waals surface area contributed by atoms with Gasteiger partial charge in [-0.1, -0.05) is 81.7 Å². The molecule has 0 nitrogen and oxygen atoms in total. The largest absolute Gasteiger partial charge is 2.00 e. The van der Waals surface area contributed by atoms with Gasteiger partial charge in [0.25, 0.3) is 0 Å². The van der Waals surface area contributed by atoms with E-state index in [1.807, 2.05) is 6.08 Å². The third-order valence-electron chi connectivity index (χ3n) is 6.12. The Bertz CT molecular complexity index is 268. The van der Waals surface area contributed by atoms with Crippen molar-refractivity contribution in [2.75, 3.05) is 0 Å². The van der Waals surface area contributed by atoms with Crippen LogP contribution in [-0.4, -0.2) is 0 Å². The molecule has 0 bridgehead atoms. The number of hydrogen-bond acceptors (Lipinski definition) is 0. The molecule has 2 aliphatic carbocycles. The second kappa shape index (κ2) is 13.8. The van der Waals surface area contributed by atoms with Crippen LogP contribution in [0.25, 0.3) is 0 Å². The minimum atomic E-state index is 0. The fraction of sp³-hybridized carbons (Fsp3) is 0.462. The van der Waals surface area contributed by atoms with Crippen molar-refractivity contribution in [3.63, 3.8) is 0 Å². The minimum Gasteiger partial charge on any atom is -0.369 e. The van der Waals surface area contributed by atoms with Gasteiger partial charge < -0.3 is 19.8 Å². The van der Waals surface area contributed by atoms with Crippen molar-refractivity contribution < 1.29 is 26.2 Å². The van der Waals surface area contributed by atoms with E-state index in [1.54, 1.807) is 0 Å². The van der Waals surface area contributed by atoms with Crippen molar-refractivity contribution in [1.82, 2.24) is 0 Å². The average Bonchev–Trinajstić information content (AvgIpc) is 2.86. The molecule has 1 heteroatoms. The normalized spacial score (nSPS) is 23.1. The zero-order valence-electron chi connectivity index (χ0n) is 19.5. The Morgan fingerprint density at radius 3 is 0.741 bits per heavy atom. The summed E-state index contributed by atoms with van der Waals surface area (Å²) in [6.45, 7) is 32.8. The minimum absolute atomic E-state index is 0. The molecule has 10 radical (unpaired) electrons. The Kier molecular flexibility index (Phi) is 15.2. The smallest absolute Gasteiger partial charge is 0.369 e. The Morgan fingerprint density at radius 2 is 0.704 bits per heavy atom. The summed E-state index contributed by atoms with van der Waals surface area (Å²) in [7, 11) is 0. The molecule has 2 saturated carbocycles. The topological polar surface area (TPSA) is 0 Å². The van der Waals surface area contributed by atoms with Crippen LogP contribution in [0.3, 0.4) is 0 Å². The second-order valence-electron chi connectivity index (χ2n) is 7.64. The van der Waals surface area contributed by atoms with Gasteiger partial charge >= 0.3 is 26.2 Å². The molecule has 0 heterocycles. The average molecular weight is 444 g/mol. The van der Waals surface area contributed by atoms with E-state index in [4.69, 9.17) is 0 Å². The van der Waals surface area contributed by atoms with Crippen molar-refractivity contribution >= 4 is 0 Å². The SMILES string of the molecule is C=CCC([CH2-])[CH2-].C[C]1[C](C)[C](C)[C](C)[C]1C.C[C]1[C](C)[C](C)[C](C)[C]1C.[Zr+2]. The molecule has 148 valence electrons. The van der Waals surface area contributed by atoms with Gasteiger partial charge in [0.15, 0.2) is 0 Å². The van der Waals surface area contributed by atoms with E-state index in [0.29, 0.717) is 0 Å². The van der Waals surface area contributed by atoms with Gasteiger partial charge in [0, 0.05) is 0 Å². The Morgan fingerprint density at radius 1 is 0.556 bits per heavy atom. The van der Waals surface area contributed by atoms with Crippen LogP contribution in [0.15, 0.2) is 12.7 Å². The molecule has 0 aromatic carbocycles. The maximum atomic E-state index is 3.65. The van der Waals surface area contributed by atoms with Crippen LogP contribution in [0.1, 0.15) is 75.7 Å². The van der Waals surface area contributed by atoms with E-state index >= 15 is 0 Å². The van der Waals surface area contributed by atoms with Crippen LogP contribution < -0.4 is 0 Å². The van der Waals surface area contributed by atoms with Gasteiger partial charge in [0.1, 0.15) is 0 Å². The maximum Gasteiger partial charge on any atom is 2.00 e. The van der Waals surface area contributed by atoms with Crippen molar-refractivity contribution in [3.8, 4) is 0 Å². The molecule has 2 rings (SSSR count). The van der Waals surface area contributed by atoms with Crippen LogP contribution >= 0.6 is 0 Å². The zero-order chi connectivity index (χ0) is 20.8. The van der Waals surface area contributed by atoms with Crippen LogP contribution in [0, 0.1) is 78.9 Å². The molecule has 0 aromatic rings. The first kappa shape index (κ1) is 29.8. The Hall–Kier alpha value is 0.623. The Labute approximate surface area is 192 Å². The van der Waals surface area contributed by atoms with Crippen molar-refractivity contribution in [2.24, 2.45) is 5.92 Å². The third-order valence-corrected chi connectivity index (χ3v) is 6.12. The van der Waals surface area contributed by atoms with Gasteiger partial charge in [0.2, 0.25) is 0 Å². The molecule has 0 spiro atoms. The predicted octanol–water partition coefficient (Wildman–Crippen LogP) is 7.79. The van der Waals surface area contributed by atoms with Gasteiger partial charge in [-0.15, -0.1) is 6.58 Å². The van der Waals surface area contributed by atoms with Gasteiger partial charge in [-0.3, -0.25) is 0 Å². The fourth-order valence-electron chi connectivity index (χ4n) is 3.05. The molecule has 0 saturated heterocycles. The molecule has 0 N–H and O–H groups in total. The summed E-state index contributed by atoms with van der Waals surface area (Å²) in [5, 5.41) is 0. The van der Waals surface area contributed by atoms with Crippen LogP contribution in [0.5, 0.6) is 0 Å². The van der Waals surface area contributed by atoms with Crippen molar-refractivity contribution in [2.45, 2.75) is 75.7 Å². The fourth-order valence-corrected chi connectivity index (χ4v) is 3.05. The van der Waals surface area contributed by atoms with Crippen LogP contribution in [0.2, 0.25) is 0 Å². The molecule has 2 aliphatic rings. The first-order valence-corrected chi connectivity index (χ1v) is 9.54. The number of allylic oxidation sites excluding steroid dienone is 1. The van der Waals surface area contributed by atoms with E-state index in [2.05, 4.69) is 89.7 Å². The molecule has 0 aliphatic heterocycles. The molecular weight excluding hydrogens is 404 g/mol. The number of rotatable bonds is 2. The van der Waals surface area contributed by atoms with Gasteiger partial charge in [-0.25, -0.2) is 0 Å². The first-order valence-electron chi connectivity index (χ1n) is 9.54. The standard InChI is InChI=1S/2C10H15.C6H10.Zr/c2*1-6-7(2)9(4)10(5)8(6)3;1-4-5-6(2)3;/h2*1-5H3;4,6H,1-3,5H2;/q;;-2;+2. The van der Waals surface area contributed by atoms with E-state index in [9.17, 15) is 0 Å². The summed E-state index contributed by atoms with van der Waals surface area (Å²) in [4.78, 5) is 0. The third kappa shape index (κ3) is 8.48. The summed E-state index contributed by atoms with van der Waals surface area (Å²) in [5.74, 6) is 15.0. The summed E-state index contributed by atoms with van der Waals surface area (Å²) in [6.07, 6.45) is 2.74. The van der Waals surface area contributed by atoms with E-state index < -0.39 is 0 Å². The summed E-state index contributed by atoms with van der Waals surface area (Å²) in [5.41, 5.74) is 0. The quantitative estimate of drug-likeness (QED) is 0.302. The summed E-state index contributed by atoms with van der Waals surface area (Å²) in [6, 6.07) is 0. The van der Waals surface area contributed by atoms with E-state index in [1.165, 1.54) is 59.2 Å². The van der Waals surface area contributed by atoms with Crippen molar-refractivity contribution in [3.05, 3.63) is 85.7 Å². The summed E-state index contributed by atoms with van der Waals surface area (Å²) >= 11 is 0. The molecule has 0 amide bonds. The van der Waals surface area contributed by atoms with Gasteiger partial charge in [-0.2, -0.15) is 0 Å². The van der Waals surface area contributed by atoms with Crippen molar-refractivity contribution in [1.29, 1.82) is 0 Å². The molecule has 0 aromatic heterocycles. The van der Waals surface area contributed by atoms with E-state index in [-0.39, 0.29) is 32.1 Å². The van der Waals surface area contributed by atoms with Crippen LogP contribution in [-0.2, 0) is 26.2 Å². The van der Waals surface area contributed by atoms with Gasteiger partial charge in [-0.05, 0) is 59.2 Å². The monoisotopic (exact) mass is 442 g/mol. The molecular formula is C26H40Zr. The maximum absolute atomic E-state index is 3.65. The van der Waals surface area contributed by atoms with Crippen LogP contribution in [0.4, 0.5) is 0 Å². The molecule has 2 fully saturated rings. The first-order chi connectivity index (χ1) is 11.9. The zero-order valence-corrected chi connectivity index (χ0v) is 21.9. The van der Waals surface area contributed by atoms with Gasteiger partial charge in [0.05, 0.1) is 0 Å². The second-order valence-corrected chi connectivity index (χ2v) is 7.64. The number of hydrogen-bond donors (Lipinski definition) is 0. The molecule has 27 heavy (non-hydrogen) atoms. The predicted molar refractivity (Wildman–Crippen MR) is 118 cm³/mol. The van der Waals surface area contributed by atoms with E-state index in [0.717, 1.165) is 6.42 Å². The molecule has 0 atom stereocenters. The summed E-state index contributed by atoms with van der Waals surface area (Å²) < 4.78 is 0. The Balaban J connectivity index is 0. The molecule has 0 unspecified atom stereocenters.